The molecule has 1 aliphatic heterocycles. The summed E-state index contributed by atoms with van der Waals surface area (Å²) in [7, 11) is 5.70. The molecule has 1 fully saturated rings. The number of hydrogen-bond acceptors (Lipinski definition) is 6. The number of piperazine rings is 1. The molecule has 7 heteroatoms. The van der Waals surface area contributed by atoms with Gasteiger partial charge in [0.1, 0.15) is 11.5 Å². The van der Waals surface area contributed by atoms with Gasteiger partial charge in [0.05, 0.1) is 13.2 Å². The molecule has 190 valence electrons. The Morgan fingerprint density at radius 3 is 2.14 bits per heavy atom. The molecule has 0 aliphatic carbocycles. The number of benzene rings is 3. The van der Waals surface area contributed by atoms with Crippen LogP contribution in [0.1, 0.15) is 11.6 Å². The zero-order chi connectivity index (χ0) is 25.3. The Morgan fingerprint density at radius 2 is 1.53 bits per heavy atom. The Balaban J connectivity index is 1.38. The number of methoxy groups -OCH3 is 1. The van der Waals surface area contributed by atoms with Gasteiger partial charge in [-0.3, -0.25) is 9.69 Å². The number of nitrogens with zero attached hydrogens (tertiary/aromatic N) is 3. The summed E-state index contributed by atoms with van der Waals surface area (Å²) in [4.78, 5) is 19.6. The first-order chi connectivity index (χ1) is 17.5. The second-order valence-electron chi connectivity index (χ2n) is 9.13. The number of nitrogens with one attached hydrogen (secondary N) is 1. The first-order valence-electron chi connectivity index (χ1n) is 12.4. The zero-order valence-corrected chi connectivity index (χ0v) is 21.4. The van der Waals surface area contributed by atoms with Crippen LogP contribution in [0, 0.1) is 0 Å². The van der Waals surface area contributed by atoms with Crippen molar-refractivity contribution in [2.24, 2.45) is 0 Å². The van der Waals surface area contributed by atoms with Crippen molar-refractivity contribution in [2.75, 3.05) is 70.3 Å². The Hall–Kier alpha value is -3.71. The van der Waals surface area contributed by atoms with Gasteiger partial charge in [-0.1, -0.05) is 30.3 Å². The van der Waals surface area contributed by atoms with Gasteiger partial charge in [0.15, 0.2) is 6.61 Å². The first-order valence-corrected chi connectivity index (χ1v) is 12.4. The predicted octanol–water partition coefficient (Wildman–Crippen LogP) is 3.82. The molecule has 0 saturated carbocycles. The molecule has 3 aromatic rings. The maximum Gasteiger partial charge on any atom is 0.258 e. The highest BCUT2D eigenvalue weighted by Crippen LogP contribution is 2.26. The predicted molar refractivity (Wildman–Crippen MR) is 145 cm³/mol. The highest BCUT2D eigenvalue weighted by atomic mass is 16.5. The lowest BCUT2D eigenvalue weighted by molar-refractivity contribution is -0.123. The maximum atomic E-state index is 12.6. The van der Waals surface area contributed by atoms with Gasteiger partial charge in [-0.05, 0) is 54.1 Å². The van der Waals surface area contributed by atoms with Crippen LogP contribution in [0.3, 0.4) is 0 Å². The van der Waals surface area contributed by atoms with E-state index in [1.807, 2.05) is 32.3 Å². The minimum atomic E-state index is -0.136. The molecular formula is C29H36N4O3. The second kappa shape index (κ2) is 12.3. The topological polar surface area (TPSA) is 57.3 Å². The number of carbonyl (C=O) groups excluding carboxylic acids is 1. The molecule has 0 aromatic heterocycles. The van der Waals surface area contributed by atoms with Crippen molar-refractivity contribution in [1.29, 1.82) is 0 Å². The molecule has 7 nitrogen and oxygen atoms in total. The minimum Gasteiger partial charge on any atom is -0.497 e. The van der Waals surface area contributed by atoms with Gasteiger partial charge in [0, 0.05) is 58.2 Å². The first kappa shape index (κ1) is 25.4. The van der Waals surface area contributed by atoms with Gasteiger partial charge < -0.3 is 24.6 Å². The largest absolute Gasteiger partial charge is 0.497 e. The molecule has 0 radical (unpaired) electrons. The van der Waals surface area contributed by atoms with Crippen LogP contribution in [0.5, 0.6) is 11.5 Å². The van der Waals surface area contributed by atoms with E-state index in [4.69, 9.17) is 9.47 Å². The van der Waals surface area contributed by atoms with E-state index in [1.165, 1.54) is 11.3 Å². The van der Waals surface area contributed by atoms with Crippen molar-refractivity contribution in [2.45, 2.75) is 6.04 Å². The van der Waals surface area contributed by atoms with Gasteiger partial charge in [0.25, 0.3) is 5.91 Å². The van der Waals surface area contributed by atoms with Crippen molar-refractivity contribution in [1.82, 2.24) is 10.2 Å². The Morgan fingerprint density at radius 1 is 0.889 bits per heavy atom. The zero-order valence-electron chi connectivity index (χ0n) is 21.4. The maximum absolute atomic E-state index is 12.6. The number of amides is 1. The molecule has 0 unspecified atom stereocenters. The molecule has 1 aliphatic rings. The summed E-state index contributed by atoms with van der Waals surface area (Å²) in [5.74, 6) is 1.25. The minimum absolute atomic E-state index is 0.0274. The van der Waals surface area contributed by atoms with Crippen molar-refractivity contribution < 1.29 is 14.3 Å². The SMILES string of the molecule is COc1ccc(OCC(=O)NC[C@H](c2ccc(N(C)C)cc2)N2CCN(c3ccccc3)CC2)cc1. The van der Waals surface area contributed by atoms with E-state index >= 15 is 0 Å². The second-order valence-corrected chi connectivity index (χ2v) is 9.13. The van der Waals surface area contributed by atoms with E-state index in [0.717, 1.165) is 37.6 Å². The lowest BCUT2D eigenvalue weighted by Crippen LogP contribution is -2.50. The third-order valence-corrected chi connectivity index (χ3v) is 6.59. The van der Waals surface area contributed by atoms with E-state index < -0.39 is 0 Å². The summed E-state index contributed by atoms with van der Waals surface area (Å²) in [5, 5.41) is 3.10. The molecule has 3 aromatic carbocycles. The summed E-state index contributed by atoms with van der Waals surface area (Å²) in [6.45, 7) is 4.24. The van der Waals surface area contributed by atoms with Crippen LogP contribution in [-0.2, 0) is 4.79 Å². The van der Waals surface area contributed by atoms with Crippen LogP contribution in [0.15, 0.2) is 78.9 Å². The van der Waals surface area contributed by atoms with Crippen molar-refractivity contribution in [3.63, 3.8) is 0 Å². The van der Waals surface area contributed by atoms with Crippen LogP contribution in [0.25, 0.3) is 0 Å². The molecule has 1 atom stereocenters. The molecule has 36 heavy (non-hydrogen) atoms. The Kier molecular flexibility index (Phi) is 8.68. The fourth-order valence-corrected chi connectivity index (χ4v) is 4.47. The summed E-state index contributed by atoms with van der Waals surface area (Å²) >= 11 is 0. The van der Waals surface area contributed by atoms with Gasteiger partial charge in [-0.25, -0.2) is 0 Å². The molecule has 1 heterocycles. The molecular weight excluding hydrogens is 452 g/mol. The van der Waals surface area contributed by atoms with E-state index in [-0.39, 0.29) is 18.6 Å². The summed E-state index contributed by atoms with van der Waals surface area (Å²) in [6, 6.07) is 26.5. The van der Waals surface area contributed by atoms with Crippen LogP contribution in [0.2, 0.25) is 0 Å². The Labute approximate surface area is 214 Å². The van der Waals surface area contributed by atoms with Crippen LogP contribution >= 0.6 is 0 Å². The number of rotatable bonds is 10. The van der Waals surface area contributed by atoms with E-state index in [1.54, 1.807) is 19.2 Å². The smallest absolute Gasteiger partial charge is 0.258 e. The lowest BCUT2D eigenvalue weighted by atomic mass is 10.0. The molecule has 4 rings (SSSR count). The van der Waals surface area contributed by atoms with Crippen LogP contribution in [-0.4, -0.2) is 71.3 Å². The number of hydrogen-bond donors (Lipinski definition) is 1. The summed E-state index contributed by atoms with van der Waals surface area (Å²) in [5.41, 5.74) is 3.61. The monoisotopic (exact) mass is 488 g/mol. The van der Waals surface area contributed by atoms with Gasteiger partial charge in [-0.2, -0.15) is 0 Å². The van der Waals surface area contributed by atoms with Gasteiger partial charge >= 0.3 is 0 Å². The number of carbonyl (C=O) groups is 1. The normalized spacial score (nSPS) is 14.7. The molecule has 1 saturated heterocycles. The number of para-hydroxylation sites is 1. The number of anilines is 2. The highest BCUT2D eigenvalue weighted by Gasteiger charge is 2.26. The standard InChI is InChI=1S/C29H36N4O3/c1-31(2)24-11-9-23(10-12-24)28(33-19-17-32(18-20-33)25-7-5-4-6-8-25)21-30-29(34)22-36-27-15-13-26(35-3)14-16-27/h4-16,28H,17-22H2,1-3H3,(H,30,34)/t28-/m1/s1. The van der Waals surface area contributed by atoms with E-state index in [2.05, 4.69) is 68.5 Å². The molecule has 0 spiro atoms. The lowest BCUT2D eigenvalue weighted by Gasteiger charge is -2.40. The summed E-state index contributed by atoms with van der Waals surface area (Å²) < 4.78 is 10.8. The molecule has 0 bridgehead atoms. The van der Waals surface area contributed by atoms with Crippen LogP contribution in [0.4, 0.5) is 11.4 Å². The van der Waals surface area contributed by atoms with Crippen molar-refractivity contribution in [3.8, 4) is 11.5 Å². The molecule has 1 N–H and O–H groups in total. The third kappa shape index (κ3) is 6.70. The average molecular weight is 489 g/mol. The number of ether oxygens (including phenoxy) is 2. The van der Waals surface area contributed by atoms with E-state index in [9.17, 15) is 4.79 Å². The van der Waals surface area contributed by atoms with Gasteiger partial charge in [-0.15, -0.1) is 0 Å². The third-order valence-electron chi connectivity index (χ3n) is 6.59. The Bertz CT molecular complexity index is 1080. The fraction of sp³-hybridized carbons (Fsp3) is 0.345. The summed E-state index contributed by atoms with van der Waals surface area (Å²) in [6.07, 6.45) is 0. The van der Waals surface area contributed by atoms with Crippen molar-refractivity contribution >= 4 is 17.3 Å². The van der Waals surface area contributed by atoms with Crippen LogP contribution < -0.4 is 24.6 Å². The quantitative estimate of drug-likeness (QED) is 0.468. The average Bonchev–Trinajstić information content (AvgIpc) is 2.93. The fourth-order valence-electron chi connectivity index (χ4n) is 4.47. The van der Waals surface area contributed by atoms with E-state index in [0.29, 0.717) is 12.3 Å². The molecule has 1 amide bonds. The van der Waals surface area contributed by atoms with Crippen molar-refractivity contribution in [3.05, 3.63) is 84.4 Å². The van der Waals surface area contributed by atoms with Gasteiger partial charge in [0.2, 0.25) is 0 Å². The highest BCUT2D eigenvalue weighted by molar-refractivity contribution is 5.77.